The molecule has 1 aliphatic heterocycles. The molecule has 0 saturated heterocycles. The Labute approximate surface area is 174 Å². The first-order valence-electron chi connectivity index (χ1n) is 9.52. The molecule has 30 heavy (non-hydrogen) atoms. The zero-order valence-electron chi connectivity index (χ0n) is 16.6. The fourth-order valence-corrected chi connectivity index (χ4v) is 6.09. The number of rotatable bonds is 2. The van der Waals surface area contributed by atoms with Gasteiger partial charge in [0.2, 0.25) is 16.0 Å². The fraction of sp³-hybridized carbons (Fsp3) is 0.350. The van der Waals surface area contributed by atoms with Crippen molar-refractivity contribution >= 4 is 27.6 Å². The van der Waals surface area contributed by atoms with E-state index < -0.39 is 32.5 Å². The lowest BCUT2D eigenvalue weighted by Gasteiger charge is -2.41. The number of halogens is 1. The first-order chi connectivity index (χ1) is 14.1. The van der Waals surface area contributed by atoms with Crippen LogP contribution >= 0.6 is 0 Å². The number of aromatic nitrogens is 1. The molecule has 1 amide bonds. The molecule has 0 spiro atoms. The van der Waals surface area contributed by atoms with Gasteiger partial charge in [-0.1, -0.05) is 6.07 Å². The molecule has 0 bridgehead atoms. The first-order valence-corrected chi connectivity index (χ1v) is 11.0. The van der Waals surface area contributed by atoms with Crippen LogP contribution in [-0.2, 0) is 22.0 Å². The Morgan fingerprint density at radius 3 is 2.80 bits per heavy atom. The second kappa shape index (κ2) is 7.05. The Balaban J connectivity index is 1.76. The van der Waals surface area contributed by atoms with Crippen molar-refractivity contribution in [2.24, 2.45) is 10.7 Å². The number of nitrogens with one attached hydrogen (secondary N) is 1. The molecule has 0 radical (unpaired) electrons. The topological polar surface area (TPSA) is 118 Å². The van der Waals surface area contributed by atoms with Gasteiger partial charge >= 0.3 is 0 Å². The molecule has 0 saturated carbocycles. The number of amides is 1. The Bertz CT molecular complexity index is 1150. The number of carbonyl (C=O) groups excluding carboxylic acids is 1. The van der Waals surface area contributed by atoms with Gasteiger partial charge < -0.3 is 11.1 Å². The summed E-state index contributed by atoms with van der Waals surface area (Å²) < 4.78 is 40.2. The molecule has 2 atom stereocenters. The van der Waals surface area contributed by atoms with Crippen molar-refractivity contribution in [2.75, 3.05) is 12.4 Å². The van der Waals surface area contributed by atoms with Crippen molar-refractivity contribution in [3.8, 4) is 0 Å². The summed E-state index contributed by atoms with van der Waals surface area (Å²) in [6.45, 7) is 1.77. The van der Waals surface area contributed by atoms with Gasteiger partial charge in [-0.3, -0.25) is 4.79 Å². The molecule has 1 aromatic carbocycles. The number of guanidine groups is 1. The third-order valence-electron chi connectivity index (χ3n) is 5.82. The second-order valence-electron chi connectivity index (χ2n) is 7.70. The Morgan fingerprint density at radius 2 is 2.10 bits per heavy atom. The molecule has 2 heterocycles. The summed E-state index contributed by atoms with van der Waals surface area (Å²) in [5.74, 6) is -1.09. The number of fused-ring (bicyclic) bond motifs is 3. The first kappa shape index (κ1) is 20.3. The quantitative estimate of drug-likeness (QED) is 0.754. The van der Waals surface area contributed by atoms with Gasteiger partial charge in [0.15, 0.2) is 0 Å². The Hall–Kier alpha value is -3.01. The van der Waals surface area contributed by atoms with Crippen molar-refractivity contribution < 1.29 is 17.6 Å². The minimum atomic E-state index is -3.67. The van der Waals surface area contributed by atoms with E-state index in [9.17, 15) is 17.6 Å². The standard InChI is InChI=1S/C20H22FN5O3S/c1-20-15-10-14(24-18(27)16-9-7-13(21)11-23-16)8-6-12(15)4-3-5-17(20)30(28,29)26(2)19(22)25-20/h6-11,17H,3-5H2,1-2H3,(H2,22,25)(H,24,27)/t17?,20-/m1/s1. The van der Waals surface area contributed by atoms with Crippen molar-refractivity contribution in [2.45, 2.75) is 37.0 Å². The Kier molecular flexibility index (Phi) is 4.76. The summed E-state index contributed by atoms with van der Waals surface area (Å²) in [7, 11) is -2.27. The average molecular weight is 431 g/mol. The van der Waals surface area contributed by atoms with Crippen LogP contribution in [0.2, 0.25) is 0 Å². The number of anilines is 1. The van der Waals surface area contributed by atoms with Crippen LogP contribution in [0.4, 0.5) is 10.1 Å². The molecule has 1 unspecified atom stereocenters. The van der Waals surface area contributed by atoms with Gasteiger partial charge in [-0.05, 0) is 61.6 Å². The van der Waals surface area contributed by atoms with Crippen LogP contribution < -0.4 is 11.1 Å². The van der Waals surface area contributed by atoms with E-state index in [1.54, 1.807) is 19.1 Å². The van der Waals surface area contributed by atoms with E-state index in [4.69, 9.17) is 5.73 Å². The van der Waals surface area contributed by atoms with Crippen molar-refractivity contribution in [1.29, 1.82) is 0 Å². The molecule has 158 valence electrons. The van der Waals surface area contributed by atoms with Crippen molar-refractivity contribution in [3.05, 3.63) is 59.2 Å². The summed E-state index contributed by atoms with van der Waals surface area (Å²) in [5.41, 5.74) is 7.10. The van der Waals surface area contributed by atoms with Gasteiger partial charge in [-0.25, -0.2) is 27.1 Å². The van der Waals surface area contributed by atoms with Gasteiger partial charge in [0.25, 0.3) is 5.91 Å². The number of hydrogen-bond acceptors (Lipinski definition) is 6. The van der Waals surface area contributed by atoms with E-state index >= 15 is 0 Å². The van der Waals surface area contributed by atoms with Crippen LogP contribution in [0.1, 0.15) is 41.4 Å². The number of aliphatic imine (C=N–C) groups is 1. The van der Waals surface area contributed by atoms with E-state index in [1.807, 2.05) is 6.07 Å². The number of benzene rings is 1. The molecule has 1 aromatic heterocycles. The molecule has 1 aliphatic carbocycles. The summed E-state index contributed by atoms with van der Waals surface area (Å²) in [5, 5.41) is 1.98. The lowest BCUT2D eigenvalue weighted by Crippen LogP contribution is -2.56. The predicted octanol–water partition coefficient (Wildman–Crippen LogP) is 1.98. The van der Waals surface area contributed by atoms with Crippen LogP contribution in [0.3, 0.4) is 0 Å². The van der Waals surface area contributed by atoms with Gasteiger partial charge in [0.1, 0.15) is 22.3 Å². The number of aryl methyl sites for hydroxylation is 1. The smallest absolute Gasteiger partial charge is 0.274 e. The number of sulfonamides is 1. The monoisotopic (exact) mass is 431 g/mol. The van der Waals surface area contributed by atoms with Gasteiger partial charge in [0, 0.05) is 12.7 Å². The summed E-state index contributed by atoms with van der Waals surface area (Å²) in [6.07, 6.45) is 2.82. The van der Waals surface area contributed by atoms with E-state index in [1.165, 1.54) is 13.1 Å². The molecular formula is C20H22FN5O3S. The predicted molar refractivity (Wildman–Crippen MR) is 111 cm³/mol. The largest absolute Gasteiger partial charge is 0.369 e. The zero-order chi connectivity index (χ0) is 21.7. The third-order valence-corrected chi connectivity index (χ3v) is 8.19. The highest BCUT2D eigenvalue weighted by Crippen LogP contribution is 2.44. The lowest BCUT2D eigenvalue weighted by atomic mass is 9.86. The Morgan fingerprint density at radius 1 is 1.33 bits per heavy atom. The molecule has 8 nitrogen and oxygen atoms in total. The summed E-state index contributed by atoms with van der Waals surface area (Å²) in [4.78, 5) is 20.8. The molecule has 0 fully saturated rings. The van der Waals surface area contributed by atoms with E-state index in [2.05, 4.69) is 15.3 Å². The summed E-state index contributed by atoms with van der Waals surface area (Å²) in [6, 6.07) is 7.81. The van der Waals surface area contributed by atoms with Crippen LogP contribution in [0.15, 0.2) is 41.5 Å². The van der Waals surface area contributed by atoms with Crippen LogP contribution in [-0.4, -0.2) is 41.9 Å². The number of nitrogens with zero attached hydrogens (tertiary/aromatic N) is 3. The molecule has 2 aromatic rings. The van der Waals surface area contributed by atoms with E-state index in [0.29, 0.717) is 24.9 Å². The van der Waals surface area contributed by atoms with Crippen molar-refractivity contribution in [1.82, 2.24) is 9.29 Å². The van der Waals surface area contributed by atoms with Gasteiger partial charge in [-0.15, -0.1) is 0 Å². The fourth-order valence-electron chi connectivity index (χ4n) is 4.18. The minimum Gasteiger partial charge on any atom is -0.369 e. The van der Waals surface area contributed by atoms with Crippen molar-refractivity contribution in [3.63, 3.8) is 0 Å². The molecule has 3 N–H and O–H groups in total. The van der Waals surface area contributed by atoms with Gasteiger partial charge in [0.05, 0.1) is 6.20 Å². The second-order valence-corrected chi connectivity index (χ2v) is 9.85. The molecule has 2 aliphatic rings. The zero-order valence-corrected chi connectivity index (χ0v) is 17.4. The molecule has 4 rings (SSSR count). The molecule has 10 heteroatoms. The van der Waals surface area contributed by atoms with E-state index in [-0.39, 0.29) is 11.7 Å². The number of nitrogens with two attached hydrogens (primary N) is 1. The number of hydrogen-bond donors (Lipinski definition) is 2. The normalized spacial score (nSPS) is 24.8. The third kappa shape index (κ3) is 3.20. The lowest BCUT2D eigenvalue weighted by molar-refractivity contribution is 0.102. The van der Waals surface area contributed by atoms with Gasteiger partial charge in [-0.2, -0.15) is 0 Å². The molecular weight excluding hydrogens is 409 g/mol. The maximum atomic E-state index is 13.1. The highest BCUT2D eigenvalue weighted by Gasteiger charge is 2.51. The number of pyridine rings is 1. The SMILES string of the molecule is CN1C(N)=N[C@]2(C)c3cc(NC(=O)c4ccc(F)cn4)ccc3CCCC2S1(=O)=O. The van der Waals surface area contributed by atoms with Crippen LogP contribution in [0.5, 0.6) is 0 Å². The maximum absolute atomic E-state index is 13.1. The van der Waals surface area contributed by atoms with Crippen LogP contribution in [0.25, 0.3) is 0 Å². The van der Waals surface area contributed by atoms with E-state index in [0.717, 1.165) is 27.7 Å². The minimum absolute atomic E-state index is 0.0634. The maximum Gasteiger partial charge on any atom is 0.274 e. The average Bonchev–Trinajstić information content (AvgIpc) is 2.84. The van der Waals surface area contributed by atoms with Crippen LogP contribution in [0, 0.1) is 5.82 Å². The summed E-state index contributed by atoms with van der Waals surface area (Å²) >= 11 is 0. The number of carbonyl (C=O) groups is 1. The highest BCUT2D eigenvalue weighted by molar-refractivity contribution is 7.90. The highest BCUT2D eigenvalue weighted by atomic mass is 32.2.